The molecule has 2 nitrogen and oxygen atoms in total. The molecular weight excluding hydrogens is 220 g/mol. The van der Waals surface area contributed by atoms with E-state index in [1.54, 1.807) is 0 Å². The third-order valence-electron chi connectivity index (χ3n) is 2.80. The minimum absolute atomic E-state index is 0.512. The third kappa shape index (κ3) is 3.41. The summed E-state index contributed by atoms with van der Waals surface area (Å²) in [6, 6.07) is 12.9. The second-order valence-corrected chi connectivity index (χ2v) is 4.96. The van der Waals surface area contributed by atoms with Gasteiger partial charge in [0.05, 0.1) is 11.2 Å². The van der Waals surface area contributed by atoms with Crippen molar-refractivity contribution in [3.05, 3.63) is 47.7 Å². The summed E-state index contributed by atoms with van der Waals surface area (Å²) in [5.41, 5.74) is 3.37. The SMILES string of the molecule is CC(=Cc1ccc2ccccc2n1)CNC(C)C. The van der Waals surface area contributed by atoms with Crippen molar-refractivity contribution >= 4 is 17.0 Å². The fourth-order valence-electron chi connectivity index (χ4n) is 1.83. The average Bonchev–Trinajstić information content (AvgIpc) is 2.36. The van der Waals surface area contributed by atoms with Crippen molar-refractivity contribution in [3.8, 4) is 0 Å². The van der Waals surface area contributed by atoms with E-state index in [1.807, 2.05) is 18.2 Å². The quantitative estimate of drug-likeness (QED) is 0.882. The van der Waals surface area contributed by atoms with Crippen LogP contribution in [0.3, 0.4) is 0 Å². The molecule has 0 spiro atoms. The zero-order valence-electron chi connectivity index (χ0n) is 11.3. The normalized spacial score (nSPS) is 12.3. The molecule has 0 radical (unpaired) electrons. The lowest BCUT2D eigenvalue weighted by Gasteiger charge is -2.08. The fraction of sp³-hybridized carbons (Fsp3) is 0.312. The van der Waals surface area contributed by atoms with E-state index >= 15 is 0 Å². The number of nitrogens with one attached hydrogen (secondary N) is 1. The number of nitrogens with zero attached hydrogens (tertiary/aromatic N) is 1. The summed E-state index contributed by atoms with van der Waals surface area (Å²) < 4.78 is 0. The number of fused-ring (bicyclic) bond motifs is 1. The minimum Gasteiger partial charge on any atom is -0.311 e. The molecule has 1 aromatic carbocycles. The maximum absolute atomic E-state index is 4.64. The van der Waals surface area contributed by atoms with E-state index in [1.165, 1.54) is 11.0 Å². The van der Waals surface area contributed by atoms with Gasteiger partial charge in [-0.1, -0.05) is 43.7 Å². The average molecular weight is 240 g/mol. The Morgan fingerprint density at radius 1 is 1.22 bits per heavy atom. The van der Waals surface area contributed by atoms with Crippen LogP contribution in [0.2, 0.25) is 0 Å². The van der Waals surface area contributed by atoms with Crippen LogP contribution in [0.4, 0.5) is 0 Å². The third-order valence-corrected chi connectivity index (χ3v) is 2.80. The molecule has 2 rings (SSSR count). The van der Waals surface area contributed by atoms with Gasteiger partial charge in [0, 0.05) is 18.0 Å². The Bertz CT molecular complexity index is 556. The Morgan fingerprint density at radius 3 is 2.78 bits per heavy atom. The lowest BCUT2D eigenvalue weighted by molar-refractivity contribution is 0.622. The Kier molecular flexibility index (Phi) is 4.11. The van der Waals surface area contributed by atoms with Gasteiger partial charge in [-0.2, -0.15) is 0 Å². The number of rotatable bonds is 4. The van der Waals surface area contributed by atoms with Crippen molar-refractivity contribution in [2.75, 3.05) is 6.54 Å². The first-order chi connectivity index (χ1) is 8.65. The summed E-state index contributed by atoms with van der Waals surface area (Å²) in [6.45, 7) is 7.35. The van der Waals surface area contributed by atoms with Crippen LogP contribution >= 0.6 is 0 Å². The predicted octanol–water partition coefficient (Wildman–Crippen LogP) is 3.64. The molecule has 2 aromatic rings. The van der Waals surface area contributed by atoms with Gasteiger partial charge in [-0.15, -0.1) is 0 Å². The molecule has 0 saturated carbocycles. The summed E-state index contributed by atoms with van der Waals surface area (Å²) in [6.07, 6.45) is 2.14. The Hall–Kier alpha value is -1.67. The first kappa shape index (κ1) is 12.8. The lowest BCUT2D eigenvalue weighted by Crippen LogP contribution is -2.24. The summed E-state index contributed by atoms with van der Waals surface area (Å²) in [5.74, 6) is 0. The van der Waals surface area contributed by atoms with Crippen LogP contribution < -0.4 is 5.32 Å². The van der Waals surface area contributed by atoms with Gasteiger partial charge in [0.15, 0.2) is 0 Å². The molecule has 0 amide bonds. The molecule has 2 heteroatoms. The highest BCUT2D eigenvalue weighted by Crippen LogP contribution is 2.13. The maximum Gasteiger partial charge on any atom is 0.0709 e. The van der Waals surface area contributed by atoms with Gasteiger partial charge >= 0.3 is 0 Å². The van der Waals surface area contributed by atoms with Gasteiger partial charge in [-0.05, 0) is 25.1 Å². The van der Waals surface area contributed by atoms with E-state index in [4.69, 9.17) is 0 Å². The molecule has 18 heavy (non-hydrogen) atoms. The molecule has 1 N–H and O–H groups in total. The van der Waals surface area contributed by atoms with Crippen LogP contribution in [0.5, 0.6) is 0 Å². The van der Waals surface area contributed by atoms with Gasteiger partial charge in [-0.25, -0.2) is 4.98 Å². The first-order valence-corrected chi connectivity index (χ1v) is 6.41. The summed E-state index contributed by atoms with van der Waals surface area (Å²) in [4.78, 5) is 4.64. The lowest BCUT2D eigenvalue weighted by atomic mass is 10.1. The molecule has 0 atom stereocenters. The fourth-order valence-corrected chi connectivity index (χ4v) is 1.83. The molecule has 0 aliphatic rings. The highest BCUT2D eigenvalue weighted by Gasteiger charge is 1.97. The van der Waals surface area contributed by atoms with Crippen LogP contribution in [-0.2, 0) is 0 Å². The van der Waals surface area contributed by atoms with Crippen molar-refractivity contribution in [1.82, 2.24) is 10.3 Å². The molecule has 1 aromatic heterocycles. The Balaban J connectivity index is 2.18. The molecule has 0 unspecified atom stereocenters. The second-order valence-electron chi connectivity index (χ2n) is 4.96. The molecule has 0 aliphatic carbocycles. The zero-order chi connectivity index (χ0) is 13.0. The minimum atomic E-state index is 0.512. The highest BCUT2D eigenvalue weighted by atomic mass is 14.9. The van der Waals surface area contributed by atoms with E-state index in [9.17, 15) is 0 Å². The van der Waals surface area contributed by atoms with Crippen molar-refractivity contribution in [1.29, 1.82) is 0 Å². The molecule has 94 valence electrons. The topological polar surface area (TPSA) is 24.9 Å². The van der Waals surface area contributed by atoms with Crippen molar-refractivity contribution < 1.29 is 0 Å². The van der Waals surface area contributed by atoms with Gasteiger partial charge in [-0.3, -0.25) is 0 Å². The van der Waals surface area contributed by atoms with Gasteiger partial charge in [0.1, 0.15) is 0 Å². The van der Waals surface area contributed by atoms with Gasteiger partial charge < -0.3 is 5.32 Å². The van der Waals surface area contributed by atoms with Crippen LogP contribution in [-0.4, -0.2) is 17.6 Å². The standard InChI is InChI=1S/C16H20N2/c1-12(2)17-11-13(3)10-15-9-8-14-6-4-5-7-16(14)18-15/h4-10,12,17H,11H2,1-3H3. The molecule has 0 bridgehead atoms. The molecule has 0 fully saturated rings. The second kappa shape index (κ2) is 5.78. The summed E-state index contributed by atoms with van der Waals surface area (Å²) >= 11 is 0. The van der Waals surface area contributed by atoms with Crippen molar-refractivity contribution in [3.63, 3.8) is 0 Å². The first-order valence-electron chi connectivity index (χ1n) is 6.41. The van der Waals surface area contributed by atoms with Crippen LogP contribution in [0.15, 0.2) is 42.0 Å². The van der Waals surface area contributed by atoms with Gasteiger partial charge in [0.25, 0.3) is 0 Å². The highest BCUT2D eigenvalue weighted by molar-refractivity contribution is 5.79. The van der Waals surface area contributed by atoms with Crippen molar-refractivity contribution in [2.45, 2.75) is 26.8 Å². The monoisotopic (exact) mass is 240 g/mol. The largest absolute Gasteiger partial charge is 0.311 e. The van der Waals surface area contributed by atoms with E-state index in [0.717, 1.165) is 17.8 Å². The molecule has 1 heterocycles. The van der Waals surface area contributed by atoms with Gasteiger partial charge in [0.2, 0.25) is 0 Å². The number of hydrogen-bond donors (Lipinski definition) is 1. The Labute approximate surface area is 109 Å². The van der Waals surface area contributed by atoms with Crippen molar-refractivity contribution in [2.24, 2.45) is 0 Å². The number of aromatic nitrogens is 1. The number of pyridine rings is 1. The van der Waals surface area contributed by atoms with E-state index in [2.05, 4.69) is 55.3 Å². The smallest absolute Gasteiger partial charge is 0.0709 e. The number of benzene rings is 1. The molecule has 0 saturated heterocycles. The van der Waals surface area contributed by atoms with Crippen LogP contribution in [0.1, 0.15) is 26.5 Å². The van der Waals surface area contributed by atoms with Crippen LogP contribution in [0.25, 0.3) is 17.0 Å². The Morgan fingerprint density at radius 2 is 2.00 bits per heavy atom. The molecule has 0 aliphatic heterocycles. The number of para-hydroxylation sites is 1. The van der Waals surface area contributed by atoms with E-state index < -0.39 is 0 Å². The van der Waals surface area contributed by atoms with E-state index in [0.29, 0.717) is 6.04 Å². The maximum atomic E-state index is 4.64. The number of hydrogen-bond acceptors (Lipinski definition) is 2. The van der Waals surface area contributed by atoms with Crippen LogP contribution in [0, 0.1) is 0 Å². The predicted molar refractivity (Wildman–Crippen MR) is 78.5 cm³/mol. The molecular formula is C16H20N2. The summed E-state index contributed by atoms with van der Waals surface area (Å²) in [5, 5.41) is 4.59. The summed E-state index contributed by atoms with van der Waals surface area (Å²) in [7, 11) is 0. The zero-order valence-corrected chi connectivity index (χ0v) is 11.3. The van der Waals surface area contributed by atoms with E-state index in [-0.39, 0.29) is 0 Å².